The molecule has 98 valence electrons. The van der Waals surface area contributed by atoms with Crippen LogP contribution in [0.4, 0.5) is 0 Å². The molecule has 0 aromatic heterocycles. The van der Waals surface area contributed by atoms with E-state index in [0.29, 0.717) is 0 Å². The Hall–Kier alpha value is -1.28. The molecule has 2 heteroatoms. The van der Waals surface area contributed by atoms with Crippen LogP contribution in [-0.4, -0.2) is 15.2 Å². The van der Waals surface area contributed by atoms with Crippen LogP contribution in [0.1, 0.15) is 11.1 Å². The highest BCUT2D eigenvalue weighted by atomic mass is 28.3. The van der Waals surface area contributed by atoms with E-state index >= 15 is 0 Å². The van der Waals surface area contributed by atoms with E-state index < -0.39 is 8.07 Å². The normalized spacial score (nSPS) is 11.8. The lowest BCUT2D eigenvalue weighted by atomic mass is 10.0. The van der Waals surface area contributed by atoms with Gasteiger partial charge in [-0.3, -0.25) is 0 Å². The SMILES string of the molecule is C=CCc1c(C/C=C/[Si](C)(C)C)cccc1OC. The van der Waals surface area contributed by atoms with Crippen molar-refractivity contribution in [1.29, 1.82) is 0 Å². The zero-order valence-corrected chi connectivity index (χ0v) is 13.0. The minimum atomic E-state index is -1.10. The van der Waals surface area contributed by atoms with Crippen molar-refractivity contribution in [3.63, 3.8) is 0 Å². The second-order valence-electron chi connectivity index (χ2n) is 5.56. The summed E-state index contributed by atoms with van der Waals surface area (Å²) in [6.07, 6.45) is 6.07. The van der Waals surface area contributed by atoms with Crippen molar-refractivity contribution in [2.45, 2.75) is 32.5 Å². The Bertz CT molecular complexity index is 427. The number of allylic oxidation sites excluding steroid dienone is 2. The third-order valence-electron chi connectivity index (χ3n) is 2.75. The van der Waals surface area contributed by atoms with Gasteiger partial charge in [0.2, 0.25) is 0 Å². The third-order valence-corrected chi connectivity index (χ3v) is 3.99. The van der Waals surface area contributed by atoms with Gasteiger partial charge in [0.05, 0.1) is 15.2 Å². The molecule has 0 unspecified atom stereocenters. The molecule has 0 aliphatic rings. The summed E-state index contributed by atoms with van der Waals surface area (Å²) in [5.41, 5.74) is 4.99. The highest BCUT2D eigenvalue weighted by Gasteiger charge is 2.08. The Labute approximate surface area is 112 Å². The maximum atomic E-state index is 5.42. The molecule has 0 atom stereocenters. The fraction of sp³-hybridized carbons (Fsp3) is 0.375. The summed E-state index contributed by atoms with van der Waals surface area (Å²) in [5, 5.41) is 0. The molecule has 18 heavy (non-hydrogen) atoms. The largest absolute Gasteiger partial charge is 0.496 e. The van der Waals surface area contributed by atoms with Crippen LogP contribution < -0.4 is 4.74 Å². The van der Waals surface area contributed by atoms with Gasteiger partial charge in [0.15, 0.2) is 0 Å². The van der Waals surface area contributed by atoms with Crippen molar-refractivity contribution in [3.05, 3.63) is 53.8 Å². The first-order valence-electron chi connectivity index (χ1n) is 6.41. The molecule has 0 aliphatic carbocycles. The number of benzene rings is 1. The maximum Gasteiger partial charge on any atom is 0.122 e. The Kier molecular flexibility index (Phi) is 5.42. The summed E-state index contributed by atoms with van der Waals surface area (Å²) < 4.78 is 5.42. The van der Waals surface area contributed by atoms with Crippen LogP contribution in [-0.2, 0) is 12.8 Å². The number of hydrogen-bond acceptors (Lipinski definition) is 1. The summed E-state index contributed by atoms with van der Waals surface area (Å²) in [7, 11) is 0.625. The Morgan fingerprint density at radius 3 is 2.50 bits per heavy atom. The first kappa shape index (κ1) is 14.8. The average molecular weight is 260 g/mol. The summed E-state index contributed by atoms with van der Waals surface area (Å²) in [5.74, 6) is 0.966. The van der Waals surface area contributed by atoms with E-state index in [2.05, 4.69) is 50.1 Å². The van der Waals surface area contributed by atoms with Crippen LogP contribution >= 0.6 is 0 Å². The lowest BCUT2D eigenvalue weighted by Gasteiger charge is -2.12. The number of hydrogen-bond donors (Lipinski definition) is 0. The molecule has 1 nitrogen and oxygen atoms in total. The molecule has 0 radical (unpaired) electrons. The lowest BCUT2D eigenvalue weighted by molar-refractivity contribution is 0.410. The van der Waals surface area contributed by atoms with Crippen LogP contribution in [0, 0.1) is 0 Å². The van der Waals surface area contributed by atoms with Crippen molar-refractivity contribution >= 4 is 8.07 Å². The number of ether oxygens (including phenoxy) is 1. The van der Waals surface area contributed by atoms with E-state index in [9.17, 15) is 0 Å². The smallest absolute Gasteiger partial charge is 0.122 e. The van der Waals surface area contributed by atoms with E-state index in [-0.39, 0.29) is 0 Å². The summed E-state index contributed by atoms with van der Waals surface area (Å²) in [4.78, 5) is 0. The molecule has 0 aliphatic heterocycles. The predicted molar refractivity (Wildman–Crippen MR) is 83.1 cm³/mol. The van der Waals surface area contributed by atoms with Crippen LogP contribution in [0.15, 0.2) is 42.6 Å². The number of rotatable bonds is 6. The molecule has 1 rings (SSSR count). The fourth-order valence-corrected chi connectivity index (χ4v) is 2.73. The zero-order chi connectivity index (χ0) is 13.6. The van der Waals surface area contributed by atoms with Crippen molar-refractivity contribution in [2.24, 2.45) is 0 Å². The monoisotopic (exact) mass is 260 g/mol. The quantitative estimate of drug-likeness (QED) is 0.544. The topological polar surface area (TPSA) is 9.23 Å². The second-order valence-corrected chi connectivity index (χ2v) is 10.6. The van der Waals surface area contributed by atoms with E-state index in [1.54, 1.807) is 7.11 Å². The van der Waals surface area contributed by atoms with Gasteiger partial charge in [-0.1, -0.05) is 49.6 Å². The standard InChI is InChI=1S/C16H24OSi/c1-6-9-15-14(10-7-12-16(15)17-2)11-8-13-18(3,4)5/h6-8,10,12-13H,1,9,11H2,2-5H3/b13-8+. The summed E-state index contributed by atoms with van der Waals surface area (Å²) >= 11 is 0. The van der Waals surface area contributed by atoms with Crippen molar-refractivity contribution < 1.29 is 4.74 Å². The Morgan fingerprint density at radius 1 is 1.22 bits per heavy atom. The molecule has 1 aromatic carbocycles. The van der Waals surface area contributed by atoms with Gasteiger partial charge >= 0.3 is 0 Å². The summed E-state index contributed by atoms with van der Waals surface area (Å²) in [6.45, 7) is 10.9. The molecule has 0 heterocycles. The molecule has 0 saturated carbocycles. The molecule has 0 N–H and O–H groups in total. The zero-order valence-electron chi connectivity index (χ0n) is 12.0. The Morgan fingerprint density at radius 2 is 1.94 bits per heavy atom. The lowest BCUT2D eigenvalue weighted by Crippen LogP contribution is -2.15. The van der Waals surface area contributed by atoms with Crippen LogP contribution in [0.5, 0.6) is 5.75 Å². The predicted octanol–water partition coefficient (Wildman–Crippen LogP) is 4.40. The van der Waals surface area contributed by atoms with Crippen LogP contribution in [0.25, 0.3) is 0 Å². The van der Waals surface area contributed by atoms with Crippen molar-refractivity contribution in [3.8, 4) is 5.75 Å². The van der Waals surface area contributed by atoms with Crippen molar-refractivity contribution in [2.75, 3.05) is 7.11 Å². The first-order valence-corrected chi connectivity index (χ1v) is 9.99. The van der Waals surface area contributed by atoms with Crippen molar-refractivity contribution in [1.82, 2.24) is 0 Å². The molecule has 0 fully saturated rings. The van der Waals surface area contributed by atoms with E-state index in [4.69, 9.17) is 4.74 Å². The molecular weight excluding hydrogens is 236 g/mol. The minimum absolute atomic E-state index is 0.861. The molecular formula is C16H24OSi. The van der Waals surface area contributed by atoms with E-state index in [1.165, 1.54) is 11.1 Å². The molecule has 0 saturated heterocycles. The van der Waals surface area contributed by atoms with Crippen LogP contribution in [0.3, 0.4) is 0 Å². The van der Waals surface area contributed by atoms with Gasteiger partial charge < -0.3 is 4.74 Å². The molecule has 1 aromatic rings. The third kappa shape index (κ3) is 4.53. The molecule has 0 amide bonds. The second kappa shape index (κ2) is 6.60. The van der Waals surface area contributed by atoms with Gasteiger partial charge in [0.25, 0.3) is 0 Å². The minimum Gasteiger partial charge on any atom is -0.496 e. The van der Waals surface area contributed by atoms with Gasteiger partial charge in [-0.05, 0) is 24.5 Å². The molecule has 0 bridgehead atoms. The van der Waals surface area contributed by atoms with Gasteiger partial charge in [0, 0.05) is 5.56 Å². The molecule has 0 spiro atoms. The highest BCUT2D eigenvalue weighted by molar-refractivity contribution is 6.80. The maximum absolute atomic E-state index is 5.42. The van der Waals surface area contributed by atoms with Gasteiger partial charge in [0.1, 0.15) is 5.75 Å². The number of methoxy groups -OCH3 is 1. The van der Waals surface area contributed by atoms with E-state index in [0.717, 1.165) is 18.6 Å². The fourth-order valence-electron chi connectivity index (χ4n) is 1.91. The Balaban J connectivity index is 2.94. The van der Waals surface area contributed by atoms with Crippen LogP contribution in [0.2, 0.25) is 19.6 Å². The van der Waals surface area contributed by atoms with Gasteiger partial charge in [-0.15, -0.1) is 6.58 Å². The summed E-state index contributed by atoms with van der Waals surface area (Å²) in [6, 6.07) is 6.25. The van der Waals surface area contributed by atoms with E-state index in [1.807, 2.05) is 12.1 Å². The average Bonchev–Trinajstić information content (AvgIpc) is 2.29. The highest BCUT2D eigenvalue weighted by Crippen LogP contribution is 2.24. The first-order chi connectivity index (χ1) is 8.48. The van der Waals surface area contributed by atoms with Gasteiger partial charge in [-0.2, -0.15) is 0 Å². The van der Waals surface area contributed by atoms with Gasteiger partial charge in [-0.25, -0.2) is 0 Å².